The Labute approximate surface area is 267 Å². The second-order valence-electron chi connectivity index (χ2n) is 12.5. The highest BCUT2D eigenvalue weighted by atomic mass is 19.2. The first kappa shape index (κ1) is 39.4. The van der Waals surface area contributed by atoms with E-state index in [9.17, 15) is 28.5 Å². The molecule has 6 atom stereocenters. The zero-order chi connectivity index (χ0) is 34.4. The molecule has 0 spiro atoms. The molecule has 1 heterocycles. The van der Waals surface area contributed by atoms with Crippen LogP contribution >= 0.6 is 0 Å². The van der Waals surface area contributed by atoms with Gasteiger partial charge >= 0.3 is 0 Å². The summed E-state index contributed by atoms with van der Waals surface area (Å²) in [6.45, 7) is 16.0. The Morgan fingerprint density at radius 1 is 0.800 bits per heavy atom. The first-order valence-electron chi connectivity index (χ1n) is 15.9. The topological polar surface area (TPSA) is 153 Å². The summed E-state index contributed by atoms with van der Waals surface area (Å²) in [6, 6.07) is -0.533. The van der Waals surface area contributed by atoms with E-state index in [0.29, 0.717) is 18.4 Å². The third kappa shape index (κ3) is 13.1. The van der Waals surface area contributed by atoms with Gasteiger partial charge in [0.05, 0.1) is 18.2 Å². The Bertz CT molecular complexity index is 1130. The molecule has 0 aliphatic rings. The van der Waals surface area contributed by atoms with Crippen LogP contribution in [0.3, 0.4) is 0 Å². The van der Waals surface area contributed by atoms with Crippen LogP contribution < -0.4 is 31.2 Å². The molecule has 0 saturated heterocycles. The average molecular weight is 637 g/mol. The summed E-state index contributed by atoms with van der Waals surface area (Å²) < 4.78 is 15.7. The number of hydrogen-bond donors (Lipinski definition) is 5. The quantitative estimate of drug-likeness (QED) is 0.122. The Morgan fingerprint density at radius 3 is 1.89 bits per heavy atom. The average Bonchev–Trinajstić information content (AvgIpc) is 2.99. The third-order valence-corrected chi connectivity index (χ3v) is 7.69. The van der Waals surface area contributed by atoms with Crippen LogP contribution in [0.4, 0.5) is 4.48 Å². The van der Waals surface area contributed by atoms with Crippen LogP contribution in [-0.4, -0.2) is 78.0 Å². The van der Waals surface area contributed by atoms with Gasteiger partial charge in [-0.25, -0.2) is 4.57 Å². The van der Waals surface area contributed by atoms with E-state index in [1.807, 2.05) is 34.7 Å². The number of pyridine rings is 1. The summed E-state index contributed by atoms with van der Waals surface area (Å²) in [7, 11) is 1.84. The lowest BCUT2D eigenvalue weighted by Crippen LogP contribution is -2.57. The monoisotopic (exact) mass is 636 g/mol. The van der Waals surface area contributed by atoms with Gasteiger partial charge in [-0.3, -0.25) is 24.0 Å². The maximum atomic E-state index is 13.9. The summed E-state index contributed by atoms with van der Waals surface area (Å²) in [5, 5.41) is 14.3. The molecule has 0 aliphatic carbocycles. The molecule has 45 heavy (non-hydrogen) atoms. The molecule has 5 N–H and O–H groups in total. The smallest absolute Gasteiger partial charge is 0.273 e. The molecule has 0 radical (unpaired) electrons. The number of rotatable bonds is 18. The normalized spacial score (nSPS) is 15.3. The van der Waals surface area contributed by atoms with Gasteiger partial charge < -0.3 is 26.6 Å². The minimum absolute atomic E-state index is 0.0829. The van der Waals surface area contributed by atoms with E-state index in [1.54, 1.807) is 56.8 Å². The van der Waals surface area contributed by atoms with Gasteiger partial charge in [0.1, 0.15) is 25.2 Å². The van der Waals surface area contributed by atoms with E-state index in [1.165, 1.54) is 6.92 Å². The van der Waals surface area contributed by atoms with Crippen LogP contribution in [0.25, 0.3) is 0 Å². The number of amides is 5. The molecule has 1 rings (SSSR count). The number of carbonyl (C=O) groups is 5. The minimum atomic E-state index is -1.01. The first-order chi connectivity index (χ1) is 21.0. The van der Waals surface area contributed by atoms with E-state index in [2.05, 4.69) is 26.6 Å². The van der Waals surface area contributed by atoms with Gasteiger partial charge in [0.2, 0.25) is 17.7 Å². The van der Waals surface area contributed by atoms with E-state index in [0.717, 1.165) is 0 Å². The van der Waals surface area contributed by atoms with E-state index in [4.69, 9.17) is 0 Å². The Kier molecular flexibility index (Phi) is 16.7. The lowest BCUT2D eigenvalue weighted by molar-refractivity contribution is -0.671. The van der Waals surface area contributed by atoms with Gasteiger partial charge in [-0.1, -0.05) is 52.4 Å². The van der Waals surface area contributed by atoms with Gasteiger partial charge in [0, 0.05) is 24.7 Å². The van der Waals surface area contributed by atoms with Gasteiger partial charge in [0.15, 0.2) is 12.4 Å². The summed E-state index contributed by atoms with van der Waals surface area (Å²) in [5.41, 5.74) is 0.420. The summed E-state index contributed by atoms with van der Waals surface area (Å²) in [6.07, 6.45) is 4.71. The zero-order valence-electron chi connectivity index (χ0n) is 28.6. The van der Waals surface area contributed by atoms with E-state index >= 15 is 0 Å². The lowest BCUT2D eigenvalue weighted by Gasteiger charge is -2.28. The molecule has 1 aromatic rings. The SMILES string of the molecule is CC[C@H](C)C(NC(=O)c1cc[n+](C)cc1)C(=O)N[C@@H](C)C(=O)NC(CN[C@@H](C)C(=O)NC(C(=O)N(F)CC)C(C)C)CC(C)C. The fourth-order valence-electron chi connectivity index (χ4n) is 4.55. The van der Waals surface area contributed by atoms with Crippen molar-refractivity contribution in [3.05, 3.63) is 30.1 Å². The molecule has 0 saturated carbocycles. The Balaban J connectivity index is 2.86. The standard InChI is InChI=1S/C32H54FN7O5/c1-11-21(7)27(38-30(43)24-13-15-39(10)16-14-24)31(44)35-23(9)29(42)36-25(17-19(3)4)18-34-22(8)28(41)37-26(20(5)6)32(45)40(33)12-2/h13-16,19-23,25-27,34H,11-12,17-18H2,1-10H3,(H3-,35,36,37,38,41,42,43,44)/p+1/t21-,22-,23-,25?,26?,27?/m0/s1. The van der Waals surface area contributed by atoms with Crippen LogP contribution in [0.1, 0.15) is 85.5 Å². The largest absolute Gasteiger partial charge is 0.350 e. The van der Waals surface area contributed by atoms with E-state index < -0.39 is 47.8 Å². The highest BCUT2D eigenvalue weighted by Gasteiger charge is 2.31. The van der Waals surface area contributed by atoms with E-state index in [-0.39, 0.29) is 47.9 Å². The number of aromatic nitrogens is 1. The summed E-state index contributed by atoms with van der Waals surface area (Å²) >= 11 is 0. The fraction of sp³-hybridized carbons (Fsp3) is 0.688. The second-order valence-corrected chi connectivity index (χ2v) is 12.5. The highest BCUT2D eigenvalue weighted by molar-refractivity contribution is 5.98. The predicted molar refractivity (Wildman–Crippen MR) is 170 cm³/mol. The Morgan fingerprint density at radius 2 is 1.38 bits per heavy atom. The molecule has 5 amide bonds. The number of likely N-dealkylation sites (N-methyl/N-ethyl adjacent to an activating group) is 1. The van der Waals surface area contributed by atoms with Crippen LogP contribution in [0.15, 0.2) is 24.5 Å². The second kappa shape index (κ2) is 19.0. The van der Waals surface area contributed by atoms with Crippen LogP contribution in [-0.2, 0) is 26.2 Å². The van der Waals surface area contributed by atoms with Crippen molar-refractivity contribution in [2.24, 2.45) is 24.8 Å². The highest BCUT2D eigenvalue weighted by Crippen LogP contribution is 2.11. The van der Waals surface area contributed by atoms with Crippen molar-refractivity contribution in [1.82, 2.24) is 31.7 Å². The zero-order valence-corrected chi connectivity index (χ0v) is 28.6. The Hall–Kier alpha value is -3.61. The number of hydrogen-bond acceptors (Lipinski definition) is 6. The number of aryl methyl sites for hydroxylation is 1. The molecule has 3 unspecified atom stereocenters. The lowest BCUT2D eigenvalue weighted by atomic mass is 9.97. The summed E-state index contributed by atoms with van der Waals surface area (Å²) in [4.78, 5) is 64.5. The maximum Gasteiger partial charge on any atom is 0.273 e. The molecule has 1 aromatic heterocycles. The van der Waals surface area contributed by atoms with Crippen molar-refractivity contribution in [2.75, 3.05) is 13.1 Å². The van der Waals surface area contributed by atoms with Gasteiger partial charge in [-0.05, 0) is 44.9 Å². The minimum Gasteiger partial charge on any atom is -0.350 e. The van der Waals surface area contributed by atoms with Crippen molar-refractivity contribution in [3.63, 3.8) is 0 Å². The molecular weight excluding hydrogens is 581 g/mol. The molecule has 0 aliphatic heterocycles. The van der Waals surface area contributed by atoms with Crippen molar-refractivity contribution in [2.45, 2.75) is 105 Å². The molecule has 0 fully saturated rings. The number of nitrogens with zero attached hydrogens (tertiary/aromatic N) is 2. The maximum absolute atomic E-state index is 13.9. The number of nitrogens with one attached hydrogen (secondary N) is 5. The molecule has 0 bridgehead atoms. The molecule has 13 heteroatoms. The molecule has 254 valence electrons. The van der Waals surface area contributed by atoms with Crippen molar-refractivity contribution in [3.8, 4) is 0 Å². The van der Waals surface area contributed by atoms with Crippen molar-refractivity contribution in [1.29, 1.82) is 0 Å². The van der Waals surface area contributed by atoms with Crippen molar-refractivity contribution >= 4 is 29.5 Å². The van der Waals surface area contributed by atoms with Gasteiger partial charge in [-0.15, -0.1) is 0 Å². The van der Waals surface area contributed by atoms with Crippen LogP contribution in [0.5, 0.6) is 0 Å². The van der Waals surface area contributed by atoms with Gasteiger partial charge in [0.25, 0.3) is 11.8 Å². The first-order valence-corrected chi connectivity index (χ1v) is 15.9. The van der Waals surface area contributed by atoms with Crippen LogP contribution in [0, 0.1) is 17.8 Å². The number of carbonyl (C=O) groups excluding carboxylic acids is 5. The molecule has 12 nitrogen and oxygen atoms in total. The third-order valence-electron chi connectivity index (χ3n) is 7.69. The van der Waals surface area contributed by atoms with Gasteiger partial charge in [-0.2, -0.15) is 5.12 Å². The summed E-state index contributed by atoms with van der Waals surface area (Å²) in [5.74, 6) is -2.83. The predicted octanol–water partition coefficient (Wildman–Crippen LogP) is 1.54. The molecule has 0 aromatic carbocycles. The number of halogens is 1. The van der Waals surface area contributed by atoms with Crippen LogP contribution in [0.2, 0.25) is 0 Å². The molecular formula is C32H55FN7O5+. The fourth-order valence-corrected chi connectivity index (χ4v) is 4.55. The van der Waals surface area contributed by atoms with Crippen molar-refractivity contribution < 1.29 is 33.0 Å².